The number of aryl methyl sites for hydroxylation is 1. The summed E-state index contributed by atoms with van der Waals surface area (Å²) in [5.74, 6) is -0.855. The molecule has 0 radical (unpaired) electrons. The van der Waals surface area contributed by atoms with Gasteiger partial charge in [-0.15, -0.1) is 0 Å². The standard InChI is InChI=1S/C23H25N7O5S2/c1-3-24-22(33)29-23-28-19-7-14(6-17(20(19)36-23)18-5-4-13(2)8-25-18)15-9-26-21(27-10-15)30-37(34,35)12-16(32)11-31/h4-10,16,31-32H,3,11-12H2,1-2H3,(H,26,27,30)(H2,24,28,29,33). The van der Waals surface area contributed by atoms with E-state index in [-0.39, 0.29) is 12.0 Å². The van der Waals surface area contributed by atoms with Crippen molar-refractivity contribution in [2.45, 2.75) is 20.0 Å². The Kier molecular flexibility index (Phi) is 7.92. The zero-order valence-corrected chi connectivity index (χ0v) is 21.6. The molecule has 0 aliphatic heterocycles. The number of aromatic nitrogens is 4. The molecule has 1 aromatic carbocycles. The minimum atomic E-state index is -3.95. The summed E-state index contributed by atoms with van der Waals surface area (Å²) in [6.07, 6.45) is 3.27. The van der Waals surface area contributed by atoms with Crippen molar-refractivity contribution in [3.63, 3.8) is 0 Å². The first-order valence-electron chi connectivity index (χ1n) is 11.2. The van der Waals surface area contributed by atoms with E-state index in [0.717, 1.165) is 21.5 Å². The zero-order chi connectivity index (χ0) is 26.6. The summed E-state index contributed by atoms with van der Waals surface area (Å²) in [5, 5.41) is 24.1. The number of thiazole rings is 1. The Hall–Kier alpha value is -3.72. The Bertz CT molecular complexity index is 1510. The summed E-state index contributed by atoms with van der Waals surface area (Å²) in [6, 6.07) is 7.24. The van der Waals surface area contributed by atoms with Crippen molar-refractivity contribution in [1.82, 2.24) is 25.3 Å². The molecule has 3 heterocycles. The Balaban J connectivity index is 1.70. The molecule has 0 aliphatic rings. The molecule has 5 N–H and O–H groups in total. The average Bonchev–Trinajstić information content (AvgIpc) is 3.26. The van der Waals surface area contributed by atoms with Crippen LogP contribution >= 0.6 is 11.3 Å². The SMILES string of the molecule is CCNC(=O)Nc1nc2cc(-c3cnc(NS(=O)(=O)CC(O)CO)nc3)cc(-c3ccc(C)cn3)c2s1. The average molecular weight is 544 g/mol. The number of urea groups is 1. The molecule has 4 aromatic rings. The van der Waals surface area contributed by atoms with Gasteiger partial charge in [0.15, 0.2) is 5.13 Å². The number of hydrogen-bond acceptors (Lipinski definition) is 10. The van der Waals surface area contributed by atoms with E-state index in [9.17, 15) is 18.3 Å². The molecule has 1 atom stereocenters. The fourth-order valence-electron chi connectivity index (χ4n) is 3.39. The number of benzene rings is 1. The van der Waals surface area contributed by atoms with E-state index in [0.29, 0.717) is 28.3 Å². The fourth-order valence-corrected chi connectivity index (χ4v) is 5.43. The largest absolute Gasteiger partial charge is 0.394 e. The molecule has 2 amide bonds. The van der Waals surface area contributed by atoms with Crippen LogP contribution in [-0.4, -0.2) is 69.6 Å². The predicted octanol–water partition coefficient (Wildman–Crippen LogP) is 2.36. The van der Waals surface area contributed by atoms with E-state index in [1.165, 1.54) is 23.7 Å². The summed E-state index contributed by atoms with van der Waals surface area (Å²) >= 11 is 1.33. The van der Waals surface area contributed by atoms with Gasteiger partial charge in [0.1, 0.15) is 0 Å². The lowest BCUT2D eigenvalue weighted by Crippen LogP contribution is -2.29. The molecule has 1 unspecified atom stereocenters. The third kappa shape index (κ3) is 6.54. The topological polar surface area (TPSA) is 179 Å². The molecule has 37 heavy (non-hydrogen) atoms. The van der Waals surface area contributed by atoms with Gasteiger partial charge in [0.2, 0.25) is 16.0 Å². The van der Waals surface area contributed by atoms with E-state index in [1.54, 1.807) is 6.20 Å². The van der Waals surface area contributed by atoms with Crippen LogP contribution in [0.4, 0.5) is 15.9 Å². The van der Waals surface area contributed by atoms with Gasteiger partial charge in [-0.25, -0.2) is 28.2 Å². The number of aliphatic hydroxyl groups is 2. The first kappa shape index (κ1) is 26.3. The van der Waals surface area contributed by atoms with Crippen LogP contribution in [0.15, 0.2) is 42.9 Å². The first-order chi connectivity index (χ1) is 17.7. The molecule has 3 aromatic heterocycles. The minimum Gasteiger partial charge on any atom is -0.394 e. The van der Waals surface area contributed by atoms with Crippen molar-refractivity contribution in [2.75, 3.05) is 28.9 Å². The van der Waals surface area contributed by atoms with Gasteiger partial charge in [0, 0.05) is 36.3 Å². The Morgan fingerprint density at radius 3 is 2.51 bits per heavy atom. The van der Waals surface area contributed by atoms with Crippen LogP contribution < -0.4 is 15.4 Å². The Morgan fingerprint density at radius 2 is 1.86 bits per heavy atom. The third-order valence-corrected chi connectivity index (χ3v) is 7.43. The van der Waals surface area contributed by atoms with Crippen molar-refractivity contribution in [3.8, 4) is 22.4 Å². The molecule has 194 valence electrons. The van der Waals surface area contributed by atoms with E-state index in [1.807, 2.05) is 38.1 Å². The van der Waals surface area contributed by atoms with Gasteiger partial charge in [-0.2, -0.15) is 0 Å². The van der Waals surface area contributed by atoms with Crippen molar-refractivity contribution >= 4 is 48.7 Å². The maximum Gasteiger partial charge on any atom is 0.321 e. The molecular formula is C23H25N7O5S2. The highest BCUT2D eigenvalue weighted by atomic mass is 32.2. The Labute approximate surface area is 216 Å². The van der Waals surface area contributed by atoms with E-state index >= 15 is 0 Å². The highest BCUT2D eigenvalue weighted by Crippen LogP contribution is 2.38. The van der Waals surface area contributed by atoms with E-state index < -0.39 is 28.5 Å². The van der Waals surface area contributed by atoms with Gasteiger partial charge in [-0.3, -0.25) is 15.0 Å². The fraction of sp³-hybridized carbons (Fsp3) is 0.261. The van der Waals surface area contributed by atoms with Crippen LogP contribution in [0.2, 0.25) is 0 Å². The van der Waals surface area contributed by atoms with Crippen LogP contribution in [0.25, 0.3) is 32.6 Å². The molecule has 0 spiro atoms. The van der Waals surface area contributed by atoms with E-state index in [4.69, 9.17) is 5.11 Å². The van der Waals surface area contributed by atoms with Gasteiger partial charge in [-0.1, -0.05) is 17.4 Å². The van der Waals surface area contributed by atoms with E-state index in [2.05, 4.69) is 35.3 Å². The number of hydrogen-bond donors (Lipinski definition) is 5. The van der Waals surface area contributed by atoms with Gasteiger partial charge >= 0.3 is 6.03 Å². The summed E-state index contributed by atoms with van der Waals surface area (Å²) in [5.41, 5.74) is 4.48. The second kappa shape index (κ2) is 11.1. The van der Waals surface area contributed by atoms with Crippen molar-refractivity contribution < 1.29 is 23.4 Å². The molecule has 14 heteroatoms. The molecule has 4 rings (SSSR count). The number of nitrogens with zero attached hydrogens (tertiary/aromatic N) is 4. The van der Waals surface area contributed by atoms with Crippen LogP contribution in [-0.2, 0) is 10.0 Å². The molecular weight excluding hydrogens is 518 g/mol. The number of carbonyl (C=O) groups excluding carboxylic acids is 1. The zero-order valence-electron chi connectivity index (χ0n) is 20.0. The maximum absolute atomic E-state index is 12.1. The molecule has 0 fully saturated rings. The van der Waals surface area contributed by atoms with Crippen LogP contribution in [0, 0.1) is 6.92 Å². The Morgan fingerprint density at radius 1 is 1.11 bits per heavy atom. The number of pyridine rings is 1. The van der Waals surface area contributed by atoms with Crippen molar-refractivity contribution in [1.29, 1.82) is 0 Å². The number of sulfonamides is 1. The lowest BCUT2D eigenvalue weighted by molar-refractivity contribution is 0.112. The van der Waals surface area contributed by atoms with Gasteiger partial charge < -0.3 is 15.5 Å². The second-order valence-electron chi connectivity index (χ2n) is 8.11. The monoisotopic (exact) mass is 543 g/mol. The molecule has 0 saturated carbocycles. The predicted molar refractivity (Wildman–Crippen MR) is 142 cm³/mol. The minimum absolute atomic E-state index is 0.169. The number of rotatable bonds is 9. The normalized spacial score (nSPS) is 12.3. The number of aliphatic hydroxyl groups excluding tert-OH is 2. The summed E-state index contributed by atoms with van der Waals surface area (Å²) in [4.78, 5) is 29.3. The summed E-state index contributed by atoms with van der Waals surface area (Å²) < 4.78 is 27.2. The quantitative estimate of drug-likeness (QED) is 0.212. The van der Waals surface area contributed by atoms with Crippen LogP contribution in [0.3, 0.4) is 0 Å². The summed E-state index contributed by atoms with van der Waals surface area (Å²) in [7, 11) is -3.95. The van der Waals surface area contributed by atoms with Crippen LogP contribution in [0.5, 0.6) is 0 Å². The number of amides is 2. The van der Waals surface area contributed by atoms with Gasteiger partial charge in [0.05, 0.1) is 34.4 Å². The van der Waals surface area contributed by atoms with Crippen molar-refractivity contribution in [2.24, 2.45) is 0 Å². The molecule has 12 nitrogen and oxygen atoms in total. The number of nitrogens with one attached hydrogen (secondary N) is 3. The number of anilines is 2. The smallest absolute Gasteiger partial charge is 0.321 e. The van der Waals surface area contributed by atoms with Gasteiger partial charge in [-0.05, 0) is 43.2 Å². The molecule has 0 bridgehead atoms. The second-order valence-corrected chi connectivity index (χ2v) is 10.9. The number of fused-ring (bicyclic) bond motifs is 1. The third-order valence-electron chi connectivity index (χ3n) is 5.09. The molecule has 0 saturated heterocycles. The highest BCUT2D eigenvalue weighted by molar-refractivity contribution is 7.92. The van der Waals surface area contributed by atoms with Crippen LogP contribution in [0.1, 0.15) is 12.5 Å². The van der Waals surface area contributed by atoms with Crippen molar-refractivity contribution in [3.05, 3.63) is 48.4 Å². The molecule has 0 aliphatic carbocycles. The lowest BCUT2D eigenvalue weighted by Gasteiger charge is -2.10. The first-order valence-corrected chi connectivity index (χ1v) is 13.7. The maximum atomic E-state index is 12.1. The number of carbonyl (C=O) groups is 1. The summed E-state index contributed by atoms with van der Waals surface area (Å²) in [6.45, 7) is 3.57. The lowest BCUT2D eigenvalue weighted by atomic mass is 10.0. The highest BCUT2D eigenvalue weighted by Gasteiger charge is 2.19. The van der Waals surface area contributed by atoms with Gasteiger partial charge in [0.25, 0.3) is 0 Å².